The molecule has 2 N–H and O–H groups in total. The van der Waals surface area contributed by atoms with Gasteiger partial charge >= 0.3 is 0 Å². The molecule has 1 saturated heterocycles. The number of nitrogens with one attached hydrogen (secondary N) is 2. The predicted octanol–water partition coefficient (Wildman–Crippen LogP) is 6.64. The van der Waals surface area contributed by atoms with Crippen LogP contribution in [0.4, 0.5) is 11.4 Å². The molecule has 0 spiro atoms. The number of nitrogens with zero attached hydrogens (tertiary/aromatic N) is 2. The van der Waals surface area contributed by atoms with E-state index in [1.54, 1.807) is 0 Å². The molecule has 2 aromatic carbocycles. The largest absolute Gasteiger partial charge is 0.325 e. The van der Waals surface area contributed by atoms with Crippen LogP contribution in [0.5, 0.6) is 0 Å². The summed E-state index contributed by atoms with van der Waals surface area (Å²) < 4.78 is 0. The number of hydrogen-bond donors (Lipinski definition) is 2. The van der Waals surface area contributed by atoms with Gasteiger partial charge in [0.1, 0.15) is 0 Å². The number of guanidine groups is 1. The van der Waals surface area contributed by atoms with E-state index in [2.05, 4.69) is 43.4 Å². The predicted molar refractivity (Wildman–Crippen MR) is 121 cm³/mol. The lowest BCUT2D eigenvalue weighted by Gasteiger charge is -2.52. The fraction of sp³-hybridized carbons (Fsp3) is 0.409. The van der Waals surface area contributed by atoms with Gasteiger partial charge in [-0.05, 0) is 95.5 Å². The third kappa shape index (κ3) is 5.19. The molecule has 1 fully saturated rings. The second kappa shape index (κ2) is 8.32. The monoisotopic (exact) mass is 418 g/mol. The summed E-state index contributed by atoms with van der Waals surface area (Å²) in [6, 6.07) is 15.1. The Morgan fingerprint density at radius 3 is 1.89 bits per heavy atom. The van der Waals surface area contributed by atoms with Gasteiger partial charge in [0, 0.05) is 26.8 Å². The molecule has 0 aromatic heterocycles. The van der Waals surface area contributed by atoms with E-state index in [9.17, 15) is 0 Å². The number of piperidine rings is 1. The molecule has 0 amide bonds. The second-order valence-electron chi connectivity index (χ2n) is 8.49. The summed E-state index contributed by atoms with van der Waals surface area (Å²) in [6.45, 7) is 9.07. The van der Waals surface area contributed by atoms with Crippen molar-refractivity contribution in [2.24, 2.45) is 4.99 Å². The van der Waals surface area contributed by atoms with Gasteiger partial charge in [-0.2, -0.15) is 0 Å². The third-order valence-corrected chi connectivity index (χ3v) is 5.68. The molecule has 150 valence electrons. The molecule has 4 nitrogen and oxygen atoms in total. The highest BCUT2D eigenvalue weighted by Gasteiger charge is 2.42. The molecule has 0 atom stereocenters. The van der Waals surface area contributed by atoms with E-state index < -0.39 is 0 Å². The Morgan fingerprint density at radius 1 is 0.857 bits per heavy atom. The summed E-state index contributed by atoms with van der Waals surface area (Å²) >= 11 is 12.1. The van der Waals surface area contributed by atoms with Crippen LogP contribution in [0, 0.1) is 0 Å². The smallest absolute Gasteiger partial charge is 0.215 e. The minimum atomic E-state index is 0.00416. The first-order valence-electron chi connectivity index (χ1n) is 9.60. The van der Waals surface area contributed by atoms with Gasteiger partial charge < -0.3 is 5.32 Å². The summed E-state index contributed by atoms with van der Waals surface area (Å²) in [5, 5.41) is 7.11. The molecule has 0 bridgehead atoms. The number of hydrogen-bond acceptors (Lipinski definition) is 2. The van der Waals surface area contributed by atoms with E-state index in [-0.39, 0.29) is 11.1 Å². The van der Waals surface area contributed by atoms with Gasteiger partial charge in [0.25, 0.3) is 0 Å². The maximum absolute atomic E-state index is 6.03. The van der Waals surface area contributed by atoms with Crippen molar-refractivity contribution >= 4 is 40.5 Å². The van der Waals surface area contributed by atoms with Crippen LogP contribution in [-0.2, 0) is 0 Å². The zero-order chi connectivity index (χ0) is 20.4. The second-order valence-corrected chi connectivity index (χ2v) is 9.37. The molecule has 0 saturated carbocycles. The van der Waals surface area contributed by atoms with Crippen LogP contribution in [0.25, 0.3) is 0 Å². The number of hydrazine groups is 1. The van der Waals surface area contributed by atoms with Crippen molar-refractivity contribution in [2.75, 3.05) is 5.32 Å². The van der Waals surface area contributed by atoms with Crippen LogP contribution in [-0.4, -0.2) is 22.0 Å². The Bertz CT molecular complexity index is 811. The lowest BCUT2D eigenvalue weighted by molar-refractivity contribution is -0.0509. The molecule has 2 aromatic rings. The normalized spacial score (nSPS) is 19.3. The zero-order valence-electron chi connectivity index (χ0n) is 16.9. The molecule has 0 aliphatic carbocycles. The minimum absolute atomic E-state index is 0.00416. The molecule has 6 heteroatoms. The van der Waals surface area contributed by atoms with Crippen LogP contribution in [0.3, 0.4) is 0 Å². The number of halogens is 2. The summed E-state index contributed by atoms with van der Waals surface area (Å²) in [4.78, 5) is 4.80. The summed E-state index contributed by atoms with van der Waals surface area (Å²) in [7, 11) is 0. The van der Waals surface area contributed by atoms with Gasteiger partial charge in [0.2, 0.25) is 5.96 Å². The summed E-state index contributed by atoms with van der Waals surface area (Å²) in [5.74, 6) is 0.660. The molecule has 0 radical (unpaired) electrons. The zero-order valence-corrected chi connectivity index (χ0v) is 18.4. The van der Waals surface area contributed by atoms with Gasteiger partial charge in [-0.3, -0.25) is 5.43 Å². The van der Waals surface area contributed by atoms with Crippen molar-refractivity contribution in [2.45, 2.75) is 58.0 Å². The maximum atomic E-state index is 6.03. The Labute approximate surface area is 177 Å². The van der Waals surface area contributed by atoms with Gasteiger partial charge in [0.15, 0.2) is 0 Å². The quantitative estimate of drug-likeness (QED) is 0.433. The Morgan fingerprint density at radius 2 is 1.36 bits per heavy atom. The van der Waals surface area contributed by atoms with E-state index >= 15 is 0 Å². The fourth-order valence-corrected chi connectivity index (χ4v) is 4.05. The first-order valence-corrected chi connectivity index (χ1v) is 10.4. The van der Waals surface area contributed by atoms with Gasteiger partial charge in [-0.1, -0.05) is 23.2 Å². The molecular weight excluding hydrogens is 391 g/mol. The summed E-state index contributed by atoms with van der Waals surface area (Å²) in [5.41, 5.74) is 5.31. The van der Waals surface area contributed by atoms with Crippen LogP contribution in [0.1, 0.15) is 47.0 Å². The molecule has 0 unspecified atom stereocenters. The van der Waals surface area contributed by atoms with E-state index in [1.165, 1.54) is 6.42 Å². The first-order chi connectivity index (χ1) is 13.2. The topological polar surface area (TPSA) is 39.7 Å². The van der Waals surface area contributed by atoms with Crippen LogP contribution < -0.4 is 10.7 Å². The van der Waals surface area contributed by atoms with Gasteiger partial charge in [-0.15, -0.1) is 0 Å². The minimum Gasteiger partial charge on any atom is -0.325 e. The Balaban J connectivity index is 1.92. The van der Waals surface area contributed by atoms with Gasteiger partial charge in [0.05, 0.1) is 5.69 Å². The fourth-order valence-electron chi connectivity index (χ4n) is 3.80. The average molecular weight is 419 g/mol. The number of benzene rings is 2. The van der Waals surface area contributed by atoms with Crippen molar-refractivity contribution in [3.8, 4) is 0 Å². The van der Waals surface area contributed by atoms with E-state index in [4.69, 9.17) is 28.2 Å². The van der Waals surface area contributed by atoms with Crippen molar-refractivity contribution in [1.29, 1.82) is 0 Å². The highest BCUT2D eigenvalue weighted by atomic mass is 35.5. The van der Waals surface area contributed by atoms with Crippen LogP contribution >= 0.6 is 23.2 Å². The molecule has 1 aliphatic heterocycles. The lowest BCUT2D eigenvalue weighted by atomic mass is 9.82. The number of anilines is 1. The Hall–Kier alpha value is -1.75. The number of rotatable bonds is 3. The molecule has 28 heavy (non-hydrogen) atoms. The van der Waals surface area contributed by atoms with Crippen molar-refractivity contribution in [1.82, 2.24) is 10.4 Å². The summed E-state index contributed by atoms with van der Waals surface area (Å²) in [6.07, 6.45) is 3.46. The van der Waals surface area contributed by atoms with Crippen molar-refractivity contribution in [3.63, 3.8) is 0 Å². The Kier molecular flexibility index (Phi) is 6.23. The maximum Gasteiger partial charge on any atom is 0.215 e. The molecule has 3 rings (SSSR count). The molecular formula is C22H28Cl2N4. The van der Waals surface area contributed by atoms with Crippen molar-refractivity contribution in [3.05, 3.63) is 58.6 Å². The van der Waals surface area contributed by atoms with E-state index in [0.717, 1.165) is 24.2 Å². The van der Waals surface area contributed by atoms with Gasteiger partial charge in [-0.25, -0.2) is 10.0 Å². The molecule has 1 aliphatic rings. The highest BCUT2D eigenvalue weighted by molar-refractivity contribution is 6.30. The van der Waals surface area contributed by atoms with Crippen molar-refractivity contribution < 1.29 is 0 Å². The third-order valence-electron chi connectivity index (χ3n) is 5.18. The molecule has 1 heterocycles. The number of aliphatic imine (C=N–C) groups is 1. The van der Waals surface area contributed by atoms with E-state index in [0.29, 0.717) is 16.0 Å². The first kappa shape index (κ1) is 21.0. The van der Waals surface area contributed by atoms with E-state index in [1.807, 2.05) is 48.5 Å². The average Bonchev–Trinajstić information content (AvgIpc) is 2.61. The SMILES string of the molecule is CC1(C)CCCC(C)(C)N1NC(=Nc1ccc(Cl)cc1)Nc1ccc(Cl)cc1. The standard InChI is InChI=1S/C22H28Cl2N4/c1-21(2)14-5-15-22(3,4)28(21)27-20(25-18-10-6-16(23)7-11-18)26-19-12-8-17(24)9-13-19/h6-13H,5,14-15H2,1-4H3,(H2,25,26,27). The van der Waals surface area contributed by atoms with Crippen LogP contribution in [0.2, 0.25) is 10.0 Å². The highest BCUT2D eigenvalue weighted by Crippen LogP contribution is 2.36. The lowest BCUT2D eigenvalue weighted by Crippen LogP contribution is -2.66. The van der Waals surface area contributed by atoms with Crippen LogP contribution in [0.15, 0.2) is 53.5 Å².